The lowest BCUT2D eigenvalue weighted by Gasteiger charge is -1.94. The molecule has 1 heteroatoms. The molecule has 0 aromatic heterocycles. The highest BCUT2D eigenvalue weighted by atomic mass is 14.7. The average Bonchev–Trinajstić information content (AvgIpc) is 1.99. The van der Waals surface area contributed by atoms with Crippen molar-refractivity contribution in [1.29, 1.82) is 0 Å². The molecule has 0 radical (unpaired) electrons. The van der Waals surface area contributed by atoms with Gasteiger partial charge in [0.2, 0.25) is 0 Å². The highest BCUT2D eigenvalue weighted by Crippen LogP contribution is 1.97. The van der Waals surface area contributed by atoms with E-state index in [0.29, 0.717) is 0 Å². The standard InChI is InChI=1S/C9H15N/c1-5-8(2)6-7-9(3)10-4/h5-7,9H,4H2,1-3H3/b7-6-,8-5-. The van der Waals surface area contributed by atoms with Crippen molar-refractivity contribution >= 4 is 6.72 Å². The summed E-state index contributed by atoms with van der Waals surface area (Å²) in [5, 5.41) is 0. The van der Waals surface area contributed by atoms with Gasteiger partial charge in [-0.25, -0.2) is 0 Å². The van der Waals surface area contributed by atoms with Gasteiger partial charge >= 0.3 is 0 Å². The van der Waals surface area contributed by atoms with Crippen LogP contribution >= 0.6 is 0 Å². The number of allylic oxidation sites excluding steroid dienone is 3. The van der Waals surface area contributed by atoms with Crippen molar-refractivity contribution in [1.82, 2.24) is 0 Å². The highest BCUT2D eigenvalue weighted by Gasteiger charge is 1.86. The number of hydrogen-bond acceptors (Lipinski definition) is 1. The smallest absolute Gasteiger partial charge is 0.0647 e. The van der Waals surface area contributed by atoms with Crippen LogP contribution in [0.5, 0.6) is 0 Å². The molecule has 0 saturated heterocycles. The topological polar surface area (TPSA) is 12.4 Å². The summed E-state index contributed by atoms with van der Waals surface area (Å²) in [7, 11) is 0. The van der Waals surface area contributed by atoms with E-state index in [-0.39, 0.29) is 6.04 Å². The van der Waals surface area contributed by atoms with E-state index in [1.807, 2.05) is 19.9 Å². The largest absolute Gasteiger partial charge is 0.294 e. The van der Waals surface area contributed by atoms with Gasteiger partial charge in [0.25, 0.3) is 0 Å². The first kappa shape index (κ1) is 9.15. The van der Waals surface area contributed by atoms with E-state index in [2.05, 4.69) is 30.8 Å². The molecule has 0 aliphatic carbocycles. The Morgan fingerprint density at radius 2 is 2.20 bits per heavy atom. The predicted octanol–water partition coefficient (Wildman–Crippen LogP) is 2.60. The zero-order valence-electron chi connectivity index (χ0n) is 6.96. The summed E-state index contributed by atoms with van der Waals surface area (Å²) in [6.07, 6.45) is 6.15. The summed E-state index contributed by atoms with van der Waals surface area (Å²) < 4.78 is 0. The van der Waals surface area contributed by atoms with Gasteiger partial charge in [0, 0.05) is 0 Å². The van der Waals surface area contributed by atoms with Crippen LogP contribution in [0.2, 0.25) is 0 Å². The van der Waals surface area contributed by atoms with Gasteiger partial charge in [0.15, 0.2) is 0 Å². The van der Waals surface area contributed by atoms with Gasteiger partial charge in [-0.15, -0.1) is 0 Å². The SMILES string of the molecule is C=NC(C)/C=C\C(C)=C/C. The number of rotatable bonds is 3. The molecule has 1 nitrogen and oxygen atoms in total. The maximum atomic E-state index is 3.83. The van der Waals surface area contributed by atoms with E-state index in [1.165, 1.54) is 5.57 Å². The zero-order chi connectivity index (χ0) is 7.98. The minimum Gasteiger partial charge on any atom is -0.294 e. The molecule has 0 heterocycles. The summed E-state index contributed by atoms with van der Waals surface area (Å²) in [6.45, 7) is 9.53. The molecule has 0 aromatic carbocycles. The van der Waals surface area contributed by atoms with Crippen LogP contribution in [0.1, 0.15) is 20.8 Å². The molecule has 0 N–H and O–H groups in total. The van der Waals surface area contributed by atoms with E-state index < -0.39 is 0 Å². The Balaban J connectivity index is 3.86. The first-order chi connectivity index (χ1) is 4.70. The molecule has 0 saturated carbocycles. The molecule has 0 fully saturated rings. The number of aliphatic imine (C=N–C) groups is 1. The molecule has 0 bridgehead atoms. The normalized spacial score (nSPS) is 15.7. The van der Waals surface area contributed by atoms with Crippen molar-refractivity contribution in [3.05, 3.63) is 23.8 Å². The summed E-state index contributed by atoms with van der Waals surface area (Å²) in [5.41, 5.74) is 1.26. The summed E-state index contributed by atoms with van der Waals surface area (Å²) in [5.74, 6) is 0. The van der Waals surface area contributed by atoms with E-state index in [4.69, 9.17) is 0 Å². The molecule has 0 aliphatic rings. The second-order valence-corrected chi connectivity index (χ2v) is 2.31. The van der Waals surface area contributed by atoms with Crippen molar-refractivity contribution in [2.75, 3.05) is 0 Å². The second-order valence-electron chi connectivity index (χ2n) is 2.31. The Morgan fingerprint density at radius 3 is 2.60 bits per heavy atom. The third-order valence-electron chi connectivity index (χ3n) is 1.38. The lowest BCUT2D eigenvalue weighted by Crippen LogP contribution is -1.88. The fourth-order valence-corrected chi connectivity index (χ4v) is 0.448. The molecule has 1 unspecified atom stereocenters. The molecule has 0 aliphatic heterocycles. The first-order valence-corrected chi connectivity index (χ1v) is 3.47. The third kappa shape index (κ3) is 4.07. The van der Waals surface area contributed by atoms with E-state index >= 15 is 0 Å². The summed E-state index contributed by atoms with van der Waals surface area (Å²) in [6, 6.07) is 0.231. The van der Waals surface area contributed by atoms with Crippen molar-refractivity contribution in [2.45, 2.75) is 26.8 Å². The van der Waals surface area contributed by atoms with E-state index in [9.17, 15) is 0 Å². The van der Waals surface area contributed by atoms with Gasteiger partial charge in [0.05, 0.1) is 6.04 Å². The third-order valence-corrected chi connectivity index (χ3v) is 1.38. The molecule has 10 heavy (non-hydrogen) atoms. The van der Waals surface area contributed by atoms with Crippen molar-refractivity contribution in [2.24, 2.45) is 4.99 Å². The molecule has 0 spiro atoms. The quantitative estimate of drug-likeness (QED) is 0.419. The summed E-state index contributed by atoms with van der Waals surface area (Å²) in [4.78, 5) is 3.83. The maximum absolute atomic E-state index is 3.83. The van der Waals surface area contributed by atoms with Crippen LogP contribution < -0.4 is 0 Å². The van der Waals surface area contributed by atoms with Crippen LogP contribution in [0.4, 0.5) is 0 Å². The van der Waals surface area contributed by atoms with Gasteiger partial charge in [-0.3, -0.25) is 4.99 Å². The van der Waals surface area contributed by atoms with Gasteiger partial charge < -0.3 is 0 Å². The fraction of sp³-hybridized carbons (Fsp3) is 0.444. The van der Waals surface area contributed by atoms with Crippen LogP contribution in [0.25, 0.3) is 0 Å². The highest BCUT2D eigenvalue weighted by molar-refractivity contribution is 5.26. The average molecular weight is 137 g/mol. The maximum Gasteiger partial charge on any atom is 0.0647 e. The lowest BCUT2D eigenvalue weighted by atomic mass is 10.2. The second kappa shape index (κ2) is 4.98. The Labute approximate surface area is 63.2 Å². The molecule has 0 aromatic rings. The van der Waals surface area contributed by atoms with Gasteiger partial charge in [-0.1, -0.05) is 23.8 Å². The predicted molar refractivity (Wildman–Crippen MR) is 47.6 cm³/mol. The van der Waals surface area contributed by atoms with Gasteiger partial charge in [-0.2, -0.15) is 0 Å². The Morgan fingerprint density at radius 1 is 1.60 bits per heavy atom. The first-order valence-electron chi connectivity index (χ1n) is 3.47. The van der Waals surface area contributed by atoms with E-state index in [1.54, 1.807) is 0 Å². The number of nitrogens with zero attached hydrogens (tertiary/aromatic N) is 1. The zero-order valence-corrected chi connectivity index (χ0v) is 6.96. The molecule has 0 rings (SSSR count). The van der Waals surface area contributed by atoms with Gasteiger partial charge in [0.1, 0.15) is 0 Å². The van der Waals surface area contributed by atoms with Crippen LogP contribution in [-0.4, -0.2) is 12.8 Å². The number of hydrogen-bond donors (Lipinski definition) is 0. The molecular weight excluding hydrogens is 122 g/mol. The molecule has 1 atom stereocenters. The van der Waals surface area contributed by atoms with Crippen LogP contribution in [0.3, 0.4) is 0 Å². The Hall–Kier alpha value is -0.850. The molecule has 56 valence electrons. The monoisotopic (exact) mass is 137 g/mol. The fourth-order valence-electron chi connectivity index (χ4n) is 0.448. The Bertz CT molecular complexity index is 154. The lowest BCUT2D eigenvalue weighted by molar-refractivity contribution is 0.935. The van der Waals surface area contributed by atoms with E-state index in [0.717, 1.165) is 0 Å². The summed E-state index contributed by atoms with van der Waals surface area (Å²) >= 11 is 0. The minimum atomic E-state index is 0.231. The van der Waals surface area contributed by atoms with Crippen LogP contribution in [0.15, 0.2) is 28.8 Å². The van der Waals surface area contributed by atoms with Crippen LogP contribution in [0, 0.1) is 0 Å². The minimum absolute atomic E-state index is 0.231. The molecule has 0 amide bonds. The molecular formula is C9H15N. The van der Waals surface area contributed by atoms with Crippen molar-refractivity contribution in [3.8, 4) is 0 Å². The van der Waals surface area contributed by atoms with Crippen molar-refractivity contribution < 1.29 is 0 Å². The van der Waals surface area contributed by atoms with Gasteiger partial charge in [-0.05, 0) is 27.5 Å². The Kier molecular flexibility index (Phi) is 4.55. The van der Waals surface area contributed by atoms with Crippen LogP contribution in [-0.2, 0) is 0 Å². The van der Waals surface area contributed by atoms with Crippen molar-refractivity contribution in [3.63, 3.8) is 0 Å².